The topological polar surface area (TPSA) is 84.7 Å². The SMILES string of the molecule is O=C(Nc1cccc(-n2cnnn2)c1)c1ccccc1Nc1ccc(F)cc1. The number of tetrazole rings is 1. The Morgan fingerprint density at radius 2 is 1.75 bits per heavy atom. The van der Waals surface area contributed by atoms with Crippen LogP contribution < -0.4 is 10.6 Å². The van der Waals surface area contributed by atoms with Crippen molar-refractivity contribution in [2.45, 2.75) is 0 Å². The zero-order chi connectivity index (χ0) is 19.3. The molecule has 0 aliphatic rings. The molecule has 28 heavy (non-hydrogen) atoms. The molecule has 0 fully saturated rings. The average molecular weight is 374 g/mol. The highest BCUT2D eigenvalue weighted by Crippen LogP contribution is 2.23. The van der Waals surface area contributed by atoms with Crippen molar-refractivity contribution in [1.29, 1.82) is 0 Å². The molecule has 138 valence electrons. The van der Waals surface area contributed by atoms with Gasteiger partial charge in [-0.05, 0) is 65.0 Å². The maximum atomic E-state index is 13.1. The Morgan fingerprint density at radius 3 is 2.54 bits per heavy atom. The number of amides is 1. The highest BCUT2D eigenvalue weighted by molar-refractivity contribution is 6.08. The van der Waals surface area contributed by atoms with Gasteiger partial charge in [0, 0.05) is 11.4 Å². The molecule has 1 heterocycles. The summed E-state index contributed by atoms with van der Waals surface area (Å²) >= 11 is 0. The first-order valence-corrected chi connectivity index (χ1v) is 8.45. The highest BCUT2D eigenvalue weighted by Gasteiger charge is 2.12. The molecule has 3 aromatic carbocycles. The summed E-state index contributed by atoms with van der Waals surface area (Å²) in [5.74, 6) is -0.599. The molecule has 0 bridgehead atoms. The van der Waals surface area contributed by atoms with Gasteiger partial charge in [0.15, 0.2) is 0 Å². The predicted octanol–water partition coefficient (Wildman–Crippen LogP) is 3.80. The Labute approximate surface area is 159 Å². The van der Waals surface area contributed by atoms with E-state index in [0.29, 0.717) is 22.6 Å². The fourth-order valence-electron chi connectivity index (χ4n) is 2.68. The lowest BCUT2D eigenvalue weighted by atomic mass is 10.1. The van der Waals surface area contributed by atoms with E-state index in [1.54, 1.807) is 48.5 Å². The fourth-order valence-corrected chi connectivity index (χ4v) is 2.68. The van der Waals surface area contributed by atoms with Gasteiger partial charge in [0.05, 0.1) is 16.9 Å². The van der Waals surface area contributed by atoms with Gasteiger partial charge in [-0.2, -0.15) is 0 Å². The van der Waals surface area contributed by atoms with E-state index in [1.807, 2.05) is 12.1 Å². The van der Waals surface area contributed by atoms with Crippen molar-refractivity contribution in [1.82, 2.24) is 20.2 Å². The van der Waals surface area contributed by atoms with Crippen LogP contribution >= 0.6 is 0 Å². The number of benzene rings is 3. The van der Waals surface area contributed by atoms with Crippen LogP contribution in [0, 0.1) is 5.82 Å². The van der Waals surface area contributed by atoms with Crippen molar-refractivity contribution in [3.8, 4) is 5.69 Å². The third-order valence-corrected chi connectivity index (χ3v) is 4.01. The van der Waals surface area contributed by atoms with Crippen LogP contribution in [-0.4, -0.2) is 26.1 Å². The van der Waals surface area contributed by atoms with E-state index in [9.17, 15) is 9.18 Å². The van der Waals surface area contributed by atoms with Gasteiger partial charge in [0.25, 0.3) is 5.91 Å². The fraction of sp³-hybridized carbons (Fsp3) is 0. The number of rotatable bonds is 5. The van der Waals surface area contributed by atoms with Gasteiger partial charge in [-0.1, -0.05) is 18.2 Å². The molecule has 0 radical (unpaired) electrons. The Morgan fingerprint density at radius 1 is 0.929 bits per heavy atom. The van der Waals surface area contributed by atoms with E-state index >= 15 is 0 Å². The predicted molar refractivity (Wildman–Crippen MR) is 103 cm³/mol. The van der Waals surface area contributed by atoms with Gasteiger partial charge >= 0.3 is 0 Å². The third kappa shape index (κ3) is 3.85. The molecule has 0 aliphatic heterocycles. The number of para-hydroxylation sites is 1. The lowest BCUT2D eigenvalue weighted by Gasteiger charge is -2.13. The largest absolute Gasteiger partial charge is 0.355 e. The molecule has 8 heteroatoms. The Balaban J connectivity index is 1.56. The van der Waals surface area contributed by atoms with E-state index in [0.717, 1.165) is 5.69 Å². The number of anilines is 3. The number of nitrogens with zero attached hydrogens (tertiary/aromatic N) is 4. The Bertz CT molecular complexity index is 1100. The van der Waals surface area contributed by atoms with Gasteiger partial charge in [-0.15, -0.1) is 5.10 Å². The molecule has 0 saturated carbocycles. The quantitative estimate of drug-likeness (QED) is 0.555. The molecule has 0 unspecified atom stereocenters. The van der Waals surface area contributed by atoms with E-state index in [2.05, 4.69) is 26.2 Å². The van der Waals surface area contributed by atoms with Crippen molar-refractivity contribution in [2.24, 2.45) is 0 Å². The molecule has 1 aromatic heterocycles. The first kappa shape index (κ1) is 17.3. The van der Waals surface area contributed by atoms with Crippen LogP contribution in [-0.2, 0) is 0 Å². The number of halogens is 1. The van der Waals surface area contributed by atoms with Crippen molar-refractivity contribution < 1.29 is 9.18 Å². The molecule has 0 saturated heterocycles. The second kappa shape index (κ2) is 7.67. The average Bonchev–Trinajstić information content (AvgIpc) is 3.25. The lowest BCUT2D eigenvalue weighted by Crippen LogP contribution is -2.14. The molecule has 1 amide bonds. The zero-order valence-electron chi connectivity index (χ0n) is 14.6. The summed E-state index contributed by atoms with van der Waals surface area (Å²) in [7, 11) is 0. The molecule has 0 atom stereocenters. The van der Waals surface area contributed by atoms with Crippen molar-refractivity contribution in [2.75, 3.05) is 10.6 Å². The van der Waals surface area contributed by atoms with Crippen molar-refractivity contribution in [3.05, 3.63) is 90.5 Å². The molecule has 4 aromatic rings. The number of aromatic nitrogens is 4. The van der Waals surface area contributed by atoms with Crippen LogP contribution in [0.4, 0.5) is 21.5 Å². The number of hydrogen-bond acceptors (Lipinski definition) is 5. The van der Waals surface area contributed by atoms with Crippen LogP contribution in [0.2, 0.25) is 0 Å². The normalized spacial score (nSPS) is 10.5. The number of carbonyl (C=O) groups is 1. The summed E-state index contributed by atoms with van der Waals surface area (Å²) in [4.78, 5) is 12.8. The summed E-state index contributed by atoms with van der Waals surface area (Å²) in [6.45, 7) is 0. The minimum atomic E-state index is -0.320. The van der Waals surface area contributed by atoms with Crippen LogP contribution in [0.5, 0.6) is 0 Å². The maximum absolute atomic E-state index is 13.1. The Hall–Kier alpha value is -4.07. The summed E-state index contributed by atoms with van der Waals surface area (Å²) < 4.78 is 14.6. The monoisotopic (exact) mass is 374 g/mol. The number of carbonyl (C=O) groups excluding carboxylic acids is 1. The molecular weight excluding hydrogens is 359 g/mol. The number of nitrogens with one attached hydrogen (secondary N) is 2. The minimum Gasteiger partial charge on any atom is -0.355 e. The summed E-state index contributed by atoms with van der Waals surface area (Å²) in [6, 6.07) is 20.2. The maximum Gasteiger partial charge on any atom is 0.257 e. The zero-order valence-corrected chi connectivity index (χ0v) is 14.6. The molecule has 2 N–H and O–H groups in total. The molecule has 7 nitrogen and oxygen atoms in total. The highest BCUT2D eigenvalue weighted by atomic mass is 19.1. The second-order valence-electron chi connectivity index (χ2n) is 5.94. The second-order valence-corrected chi connectivity index (χ2v) is 5.94. The first-order valence-electron chi connectivity index (χ1n) is 8.45. The number of hydrogen-bond donors (Lipinski definition) is 2. The van der Waals surface area contributed by atoms with Gasteiger partial charge in [-0.3, -0.25) is 4.79 Å². The van der Waals surface area contributed by atoms with Crippen molar-refractivity contribution >= 4 is 23.0 Å². The van der Waals surface area contributed by atoms with Gasteiger partial charge < -0.3 is 10.6 Å². The third-order valence-electron chi connectivity index (χ3n) is 4.01. The van der Waals surface area contributed by atoms with E-state index < -0.39 is 0 Å². The van der Waals surface area contributed by atoms with Crippen molar-refractivity contribution in [3.63, 3.8) is 0 Å². The molecule has 0 aliphatic carbocycles. The van der Waals surface area contributed by atoms with E-state index in [-0.39, 0.29) is 11.7 Å². The molecule has 0 spiro atoms. The lowest BCUT2D eigenvalue weighted by molar-refractivity contribution is 0.102. The van der Waals surface area contributed by atoms with E-state index in [4.69, 9.17) is 0 Å². The van der Waals surface area contributed by atoms with Crippen LogP contribution in [0.3, 0.4) is 0 Å². The summed E-state index contributed by atoms with van der Waals surface area (Å²) in [6.07, 6.45) is 1.48. The van der Waals surface area contributed by atoms with Crippen LogP contribution in [0.25, 0.3) is 5.69 Å². The molecule has 4 rings (SSSR count). The standard InChI is InChI=1S/C20H15FN6O/c21-14-8-10-15(11-9-14)23-19-7-2-1-6-18(19)20(28)24-16-4-3-5-17(12-16)27-13-22-25-26-27/h1-13,23H,(H,24,28). The summed E-state index contributed by atoms with van der Waals surface area (Å²) in [5, 5.41) is 17.1. The van der Waals surface area contributed by atoms with Gasteiger partial charge in [-0.25, -0.2) is 9.07 Å². The van der Waals surface area contributed by atoms with Crippen LogP contribution in [0.15, 0.2) is 79.1 Å². The van der Waals surface area contributed by atoms with Gasteiger partial charge in [0.1, 0.15) is 12.1 Å². The van der Waals surface area contributed by atoms with Crippen LogP contribution in [0.1, 0.15) is 10.4 Å². The minimum absolute atomic E-state index is 0.279. The Kier molecular flexibility index (Phi) is 4.75. The summed E-state index contributed by atoms with van der Waals surface area (Å²) in [5.41, 5.74) is 3.08. The smallest absolute Gasteiger partial charge is 0.257 e. The molecular formula is C20H15FN6O. The van der Waals surface area contributed by atoms with E-state index in [1.165, 1.54) is 23.1 Å². The van der Waals surface area contributed by atoms with Gasteiger partial charge in [0.2, 0.25) is 0 Å². The first-order chi connectivity index (χ1) is 13.7.